The van der Waals surface area contributed by atoms with Gasteiger partial charge in [0.1, 0.15) is 5.75 Å². The number of nitrogens with one attached hydrogen (secondary N) is 1. The molecule has 1 unspecified atom stereocenters. The van der Waals surface area contributed by atoms with Crippen molar-refractivity contribution in [2.45, 2.75) is 23.5 Å². The lowest BCUT2D eigenvalue weighted by molar-refractivity contribution is -0.121. The monoisotopic (exact) mass is 402 g/mol. The number of hydrogen-bond acceptors (Lipinski definition) is 4. The number of hydrogen-bond donors (Lipinski definition) is 1. The molecule has 5 nitrogen and oxygen atoms in total. The average Bonchev–Trinajstić information content (AvgIpc) is 3.08. The molecule has 2 aliphatic rings. The van der Waals surface area contributed by atoms with E-state index in [1.165, 1.54) is 11.8 Å². The minimum Gasteiger partial charge on any atom is -0.497 e. The van der Waals surface area contributed by atoms with Gasteiger partial charge >= 0.3 is 0 Å². The predicted octanol–water partition coefficient (Wildman–Crippen LogP) is 4.12. The molecule has 2 amide bonds. The van der Waals surface area contributed by atoms with Crippen LogP contribution in [0.2, 0.25) is 5.02 Å². The molecule has 0 saturated carbocycles. The molecular weight excluding hydrogens is 384 g/mol. The summed E-state index contributed by atoms with van der Waals surface area (Å²) < 4.78 is 4.88. The van der Waals surface area contributed by atoms with E-state index in [1.54, 1.807) is 54.5 Å². The highest BCUT2D eigenvalue weighted by atomic mass is 35.5. The lowest BCUT2D eigenvalue weighted by Gasteiger charge is -2.32. The normalized spacial score (nSPS) is 22.7. The van der Waals surface area contributed by atoms with Crippen molar-refractivity contribution in [2.24, 2.45) is 0 Å². The van der Waals surface area contributed by atoms with E-state index in [4.69, 9.17) is 16.3 Å². The molecular formula is C20H19ClN2O3S. The molecule has 4 rings (SSSR count). The van der Waals surface area contributed by atoms with Crippen LogP contribution in [0.25, 0.3) is 0 Å². The quantitative estimate of drug-likeness (QED) is 0.820. The molecule has 2 aromatic carbocycles. The van der Waals surface area contributed by atoms with Crippen LogP contribution < -0.4 is 10.1 Å². The van der Waals surface area contributed by atoms with Crippen LogP contribution >= 0.6 is 23.4 Å². The summed E-state index contributed by atoms with van der Waals surface area (Å²) in [6.45, 7) is 4.52. The zero-order valence-electron chi connectivity index (χ0n) is 15.2. The number of carbonyl (C=O) groups is 2. The Kier molecular flexibility index (Phi) is 4.16. The number of halogens is 1. The fourth-order valence-corrected chi connectivity index (χ4v) is 5.53. The molecule has 1 N–H and O–H groups in total. The summed E-state index contributed by atoms with van der Waals surface area (Å²) in [7, 11) is 1.58. The molecule has 1 atom stereocenters. The van der Waals surface area contributed by atoms with Gasteiger partial charge in [-0.3, -0.25) is 9.59 Å². The summed E-state index contributed by atoms with van der Waals surface area (Å²) in [5, 5.41) is 3.45. The number of ether oxygens (including phenoxy) is 1. The fraction of sp³-hybridized carbons (Fsp3) is 0.300. The number of fused-ring (bicyclic) bond motifs is 2. The number of benzene rings is 2. The van der Waals surface area contributed by atoms with E-state index in [-0.39, 0.29) is 16.6 Å². The molecule has 1 spiro atoms. The average molecular weight is 403 g/mol. The first kappa shape index (κ1) is 18.2. The molecule has 140 valence electrons. The van der Waals surface area contributed by atoms with Gasteiger partial charge in [-0.2, -0.15) is 0 Å². The summed E-state index contributed by atoms with van der Waals surface area (Å²) >= 11 is 7.70. The molecule has 7 heteroatoms. The minimum atomic E-state index is -1.12. The van der Waals surface area contributed by atoms with Crippen molar-refractivity contribution in [1.29, 1.82) is 0 Å². The van der Waals surface area contributed by atoms with Gasteiger partial charge in [0.25, 0.3) is 11.8 Å². The maximum Gasteiger partial charge on any atom is 0.265 e. The molecule has 1 fully saturated rings. The molecule has 0 aromatic heterocycles. The van der Waals surface area contributed by atoms with Crippen LogP contribution in [0.1, 0.15) is 29.8 Å². The number of anilines is 1. The zero-order chi connectivity index (χ0) is 19.4. The van der Waals surface area contributed by atoms with Crippen LogP contribution in [0.5, 0.6) is 5.75 Å². The number of carbonyl (C=O) groups excluding carboxylic acids is 2. The first-order chi connectivity index (χ1) is 12.8. The molecule has 0 radical (unpaired) electrons. The Labute approximate surface area is 167 Å². The van der Waals surface area contributed by atoms with Gasteiger partial charge in [0.15, 0.2) is 4.87 Å². The van der Waals surface area contributed by atoms with Gasteiger partial charge in [0, 0.05) is 33.1 Å². The second-order valence-corrected chi connectivity index (χ2v) is 9.61. The van der Waals surface area contributed by atoms with Crippen LogP contribution in [0, 0.1) is 0 Å². The molecule has 2 aliphatic heterocycles. The highest BCUT2D eigenvalue weighted by Crippen LogP contribution is 2.58. The Morgan fingerprint density at radius 1 is 1.22 bits per heavy atom. The predicted molar refractivity (Wildman–Crippen MR) is 107 cm³/mol. The van der Waals surface area contributed by atoms with Gasteiger partial charge in [0.2, 0.25) is 0 Å². The minimum absolute atomic E-state index is 0.196. The molecule has 2 heterocycles. The first-order valence-corrected chi connectivity index (χ1v) is 9.74. The Morgan fingerprint density at radius 2 is 1.93 bits per heavy atom. The number of amides is 2. The second kappa shape index (κ2) is 6.17. The Balaban J connectivity index is 1.83. The standard InChI is InChI=1S/C20H19ClN2O3S/c1-19(2)11-23(17(24)12-4-7-14(26-3)8-5-12)20(27-19)15-10-13(21)6-9-16(15)22-18(20)25/h4-10H,11H2,1-3H3,(H,22,25). The SMILES string of the molecule is COc1ccc(C(=O)N2CC(C)(C)SC23C(=O)Nc2ccc(Cl)cc23)cc1. The van der Waals surface area contributed by atoms with E-state index in [2.05, 4.69) is 5.32 Å². The third-order valence-corrected chi connectivity index (χ3v) is 6.67. The Bertz CT molecular complexity index is 945. The van der Waals surface area contributed by atoms with Crippen LogP contribution in [0.4, 0.5) is 5.69 Å². The molecule has 1 saturated heterocycles. The van der Waals surface area contributed by atoms with E-state index >= 15 is 0 Å². The first-order valence-electron chi connectivity index (χ1n) is 8.54. The number of thioether (sulfide) groups is 1. The third-order valence-electron chi connectivity index (χ3n) is 4.83. The van der Waals surface area contributed by atoms with Crippen molar-refractivity contribution >= 4 is 40.9 Å². The lowest BCUT2D eigenvalue weighted by atomic mass is 10.0. The zero-order valence-corrected chi connectivity index (χ0v) is 16.8. The van der Waals surface area contributed by atoms with Gasteiger partial charge in [-0.05, 0) is 56.3 Å². The number of rotatable bonds is 2. The summed E-state index contributed by atoms with van der Waals surface area (Å²) in [5.41, 5.74) is 1.94. The summed E-state index contributed by atoms with van der Waals surface area (Å²) in [6, 6.07) is 12.2. The van der Waals surface area contributed by atoms with Crippen molar-refractivity contribution in [3.63, 3.8) is 0 Å². The molecule has 0 aliphatic carbocycles. The van der Waals surface area contributed by atoms with E-state index in [9.17, 15) is 9.59 Å². The van der Waals surface area contributed by atoms with Crippen molar-refractivity contribution in [1.82, 2.24) is 4.90 Å². The fourth-order valence-electron chi connectivity index (χ4n) is 3.69. The summed E-state index contributed by atoms with van der Waals surface area (Å²) in [5.74, 6) is 0.268. The molecule has 2 aromatic rings. The van der Waals surface area contributed by atoms with Gasteiger partial charge in [-0.25, -0.2) is 0 Å². The van der Waals surface area contributed by atoms with E-state index in [1.807, 2.05) is 13.8 Å². The van der Waals surface area contributed by atoms with Crippen LogP contribution in [-0.2, 0) is 9.67 Å². The van der Waals surface area contributed by atoms with Crippen LogP contribution in [-0.4, -0.2) is 35.1 Å². The van der Waals surface area contributed by atoms with Gasteiger partial charge in [0.05, 0.1) is 7.11 Å². The van der Waals surface area contributed by atoms with Gasteiger partial charge < -0.3 is 15.0 Å². The lowest BCUT2D eigenvalue weighted by Crippen LogP contribution is -2.48. The summed E-state index contributed by atoms with van der Waals surface area (Å²) in [4.78, 5) is 27.0. The van der Waals surface area contributed by atoms with Crippen LogP contribution in [0.15, 0.2) is 42.5 Å². The van der Waals surface area contributed by atoms with E-state index in [0.29, 0.717) is 28.6 Å². The Hall–Kier alpha value is -2.18. The van der Waals surface area contributed by atoms with E-state index in [0.717, 1.165) is 5.56 Å². The van der Waals surface area contributed by atoms with Crippen molar-refractivity contribution in [3.05, 3.63) is 58.6 Å². The molecule has 27 heavy (non-hydrogen) atoms. The topological polar surface area (TPSA) is 58.6 Å². The number of methoxy groups -OCH3 is 1. The number of nitrogens with zero attached hydrogens (tertiary/aromatic N) is 1. The maximum absolute atomic E-state index is 13.4. The smallest absolute Gasteiger partial charge is 0.265 e. The second-order valence-electron chi connectivity index (χ2n) is 7.27. The Morgan fingerprint density at radius 3 is 2.59 bits per heavy atom. The van der Waals surface area contributed by atoms with Crippen molar-refractivity contribution in [2.75, 3.05) is 19.0 Å². The highest BCUT2D eigenvalue weighted by Gasteiger charge is 2.61. The van der Waals surface area contributed by atoms with Gasteiger partial charge in [-0.1, -0.05) is 11.6 Å². The van der Waals surface area contributed by atoms with E-state index < -0.39 is 4.87 Å². The third kappa shape index (κ3) is 2.78. The molecule has 0 bridgehead atoms. The van der Waals surface area contributed by atoms with Crippen molar-refractivity contribution < 1.29 is 14.3 Å². The largest absolute Gasteiger partial charge is 0.497 e. The highest BCUT2D eigenvalue weighted by molar-refractivity contribution is 8.02. The van der Waals surface area contributed by atoms with Gasteiger partial charge in [-0.15, -0.1) is 11.8 Å². The van der Waals surface area contributed by atoms with Crippen LogP contribution in [0.3, 0.4) is 0 Å². The summed E-state index contributed by atoms with van der Waals surface area (Å²) in [6.07, 6.45) is 0. The maximum atomic E-state index is 13.4. The van der Waals surface area contributed by atoms with Crippen molar-refractivity contribution in [3.8, 4) is 5.75 Å².